The Labute approximate surface area is 120 Å². The van der Waals surface area contributed by atoms with Crippen LogP contribution in [-0.2, 0) is 0 Å². The van der Waals surface area contributed by atoms with Crippen molar-refractivity contribution in [2.24, 2.45) is 0 Å². The highest BCUT2D eigenvalue weighted by molar-refractivity contribution is 9.10. The van der Waals surface area contributed by atoms with Gasteiger partial charge in [-0.3, -0.25) is 0 Å². The van der Waals surface area contributed by atoms with Crippen molar-refractivity contribution >= 4 is 15.9 Å². The van der Waals surface area contributed by atoms with Gasteiger partial charge in [0.2, 0.25) is 0 Å². The monoisotopic (exact) mass is 324 g/mol. The van der Waals surface area contributed by atoms with E-state index in [4.69, 9.17) is 9.47 Å². The van der Waals surface area contributed by atoms with Gasteiger partial charge in [-0.05, 0) is 36.8 Å². The van der Waals surface area contributed by atoms with E-state index in [1.807, 2.05) is 24.3 Å². The molecule has 0 aliphatic carbocycles. The van der Waals surface area contributed by atoms with Crippen LogP contribution in [0.25, 0.3) is 0 Å². The largest absolute Gasteiger partial charge is 0.490 e. The number of hydrogen-bond donors (Lipinski definition) is 0. The highest BCUT2D eigenvalue weighted by Gasteiger charge is 2.05. The number of rotatable bonds is 5. The first-order valence-corrected chi connectivity index (χ1v) is 6.72. The van der Waals surface area contributed by atoms with E-state index in [1.165, 1.54) is 0 Å². The van der Waals surface area contributed by atoms with E-state index in [-0.39, 0.29) is 11.6 Å². The number of aryl methyl sites for hydroxylation is 1. The van der Waals surface area contributed by atoms with Crippen molar-refractivity contribution < 1.29 is 13.9 Å². The van der Waals surface area contributed by atoms with E-state index in [1.54, 1.807) is 25.1 Å². The first-order valence-electron chi connectivity index (χ1n) is 5.93. The Kier molecular flexibility index (Phi) is 4.80. The standard InChI is InChI=1S/C15H14BrFO2/c1-11-4-2-7-14(15(11)17)19-9-8-18-13-6-3-5-12(16)10-13/h2-7,10H,8-9H2,1H3. The molecule has 0 aromatic heterocycles. The Hall–Kier alpha value is -1.55. The molecule has 2 aromatic carbocycles. The number of hydrogen-bond acceptors (Lipinski definition) is 2. The summed E-state index contributed by atoms with van der Waals surface area (Å²) in [7, 11) is 0. The van der Waals surface area contributed by atoms with E-state index >= 15 is 0 Å². The molecule has 0 aliphatic heterocycles. The summed E-state index contributed by atoms with van der Waals surface area (Å²) in [4.78, 5) is 0. The Bertz CT molecular complexity index is 558. The van der Waals surface area contributed by atoms with Gasteiger partial charge in [-0.15, -0.1) is 0 Å². The highest BCUT2D eigenvalue weighted by atomic mass is 79.9. The molecule has 2 rings (SSSR count). The quantitative estimate of drug-likeness (QED) is 0.761. The van der Waals surface area contributed by atoms with E-state index < -0.39 is 0 Å². The fourth-order valence-electron chi connectivity index (χ4n) is 1.60. The second kappa shape index (κ2) is 6.57. The lowest BCUT2D eigenvalue weighted by molar-refractivity contribution is 0.211. The van der Waals surface area contributed by atoms with Crippen molar-refractivity contribution in [1.82, 2.24) is 0 Å². The zero-order valence-electron chi connectivity index (χ0n) is 10.5. The molecule has 0 N–H and O–H groups in total. The van der Waals surface area contributed by atoms with Gasteiger partial charge in [0.25, 0.3) is 0 Å². The fraction of sp³-hybridized carbons (Fsp3) is 0.200. The normalized spacial score (nSPS) is 10.3. The van der Waals surface area contributed by atoms with Crippen LogP contribution in [0.15, 0.2) is 46.9 Å². The molecule has 0 amide bonds. The minimum absolute atomic E-state index is 0.262. The smallest absolute Gasteiger partial charge is 0.167 e. The summed E-state index contributed by atoms with van der Waals surface area (Å²) < 4.78 is 25.4. The van der Waals surface area contributed by atoms with Gasteiger partial charge >= 0.3 is 0 Å². The van der Waals surface area contributed by atoms with E-state index in [0.717, 1.165) is 10.2 Å². The zero-order chi connectivity index (χ0) is 13.7. The number of benzene rings is 2. The van der Waals surface area contributed by atoms with Gasteiger partial charge in [0.1, 0.15) is 19.0 Å². The van der Waals surface area contributed by atoms with E-state index in [0.29, 0.717) is 18.8 Å². The van der Waals surface area contributed by atoms with Crippen LogP contribution in [0.2, 0.25) is 0 Å². The summed E-state index contributed by atoms with van der Waals surface area (Å²) in [5.41, 5.74) is 0.574. The first-order chi connectivity index (χ1) is 9.16. The summed E-state index contributed by atoms with van der Waals surface area (Å²) in [5, 5.41) is 0. The van der Waals surface area contributed by atoms with Gasteiger partial charge in [0.15, 0.2) is 11.6 Å². The van der Waals surface area contributed by atoms with Crippen LogP contribution in [0.5, 0.6) is 11.5 Å². The molecule has 19 heavy (non-hydrogen) atoms. The predicted octanol–water partition coefficient (Wildman–Crippen LogP) is 4.35. The average Bonchev–Trinajstić information content (AvgIpc) is 2.39. The minimum atomic E-state index is -0.315. The molecule has 0 radical (unpaired) electrons. The van der Waals surface area contributed by atoms with Gasteiger partial charge in [-0.1, -0.05) is 34.1 Å². The summed E-state index contributed by atoms with van der Waals surface area (Å²) >= 11 is 3.36. The second-order valence-corrected chi connectivity index (χ2v) is 4.96. The summed E-state index contributed by atoms with van der Waals surface area (Å²) in [6.07, 6.45) is 0. The van der Waals surface area contributed by atoms with Gasteiger partial charge in [-0.25, -0.2) is 4.39 Å². The summed E-state index contributed by atoms with van der Waals surface area (Å²) in [6.45, 7) is 2.37. The maximum atomic E-state index is 13.6. The maximum absolute atomic E-state index is 13.6. The molecular weight excluding hydrogens is 311 g/mol. The van der Waals surface area contributed by atoms with Crippen molar-refractivity contribution in [2.75, 3.05) is 13.2 Å². The molecule has 0 saturated carbocycles. The molecule has 0 atom stereocenters. The molecule has 0 saturated heterocycles. The SMILES string of the molecule is Cc1cccc(OCCOc2cccc(Br)c2)c1F. The number of halogens is 2. The van der Waals surface area contributed by atoms with E-state index in [9.17, 15) is 4.39 Å². The topological polar surface area (TPSA) is 18.5 Å². The van der Waals surface area contributed by atoms with Crippen LogP contribution in [0.4, 0.5) is 4.39 Å². The molecule has 0 aliphatic rings. The Morgan fingerprint density at radius 3 is 2.58 bits per heavy atom. The molecule has 4 heteroatoms. The molecule has 0 heterocycles. The zero-order valence-corrected chi connectivity index (χ0v) is 12.1. The average molecular weight is 325 g/mol. The third-order valence-electron chi connectivity index (χ3n) is 2.56. The van der Waals surface area contributed by atoms with Crippen LogP contribution >= 0.6 is 15.9 Å². The van der Waals surface area contributed by atoms with Crippen molar-refractivity contribution in [3.8, 4) is 11.5 Å². The van der Waals surface area contributed by atoms with Crippen LogP contribution in [0.1, 0.15) is 5.56 Å². The lowest BCUT2D eigenvalue weighted by atomic mass is 10.2. The molecule has 2 aromatic rings. The fourth-order valence-corrected chi connectivity index (χ4v) is 1.98. The van der Waals surface area contributed by atoms with Crippen molar-refractivity contribution in [2.45, 2.75) is 6.92 Å². The Balaban J connectivity index is 1.82. The molecule has 0 unspecified atom stereocenters. The van der Waals surface area contributed by atoms with E-state index in [2.05, 4.69) is 15.9 Å². The third-order valence-corrected chi connectivity index (χ3v) is 3.06. The van der Waals surface area contributed by atoms with Crippen molar-refractivity contribution in [3.05, 3.63) is 58.3 Å². The molecule has 2 nitrogen and oxygen atoms in total. The lowest BCUT2D eigenvalue weighted by Crippen LogP contribution is -2.10. The summed E-state index contributed by atoms with van der Waals surface area (Å²) in [6, 6.07) is 12.6. The Morgan fingerprint density at radius 2 is 1.79 bits per heavy atom. The number of ether oxygens (including phenoxy) is 2. The molecule has 0 fully saturated rings. The first kappa shape index (κ1) is 13.9. The van der Waals surface area contributed by atoms with Crippen LogP contribution in [0.3, 0.4) is 0 Å². The lowest BCUT2D eigenvalue weighted by Gasteiger charge is -2.10. The third kappa shape index (κ3) is 3.96. The summed E-state index contributed by atoms with van der Waals surface area (Å²) in [5.74, 6) is 0.700. The maximum Gasteiger partial charge on any atom is 0.167 e. The van der Waals surface area contributed by atoms with Gasteiger partial charge < -0.3 is 9.47 Å². The molecule has 100 valence electrons. The molecule has 0 bridgehead atoms. The van der Waals surface area contributed by atoms with Crippen molar-refractivity contribution in [1.29, 1.82) is 0 Å². The van der Waals surface area contributed by atoms with Crippen LogP contribution < -0.4 is 9.47 Å². The van der Waals surface area contributed by atoms with Gasteiger partial charge in [-0.2, -0.15) is 0 Å². The highest BCUT2D eigenvalue weighted by Crippen LogP contribution is 2.20. The Morgan fingerprint density at radius 1 is 1.05 bits per heavy atom. The van der Waals surface area contributed by atoms with Crippen molar-refractivity contribution in [3.63, 3.8) is 0 Å². The molecule has 0 spiro atoms. The van der Waals surface area contributed by atoms with Gasteiger partial charge in [0, 0.05) is 4.47 Å². The predicted molar refractivity (Wildman–Crippen MR) is 76.3 cm³/mol. The van der Waals surface area contributed by atoms with Crippen LogP contribution in [0, 0.1) is 12.7 Å². The van der Waals surface area contributed by atoms with Crippen LogP contribution in [-0.4, -0.2) is 13.2 Å². The molecular formula is C15H14BrFO2. The second-order valence-electron chi connectivity index (χ2n) is 4.04. The minimum Gasteiger partial charge on any atom is -0.490 e. The van der Waals surface area contributed by atoms with Gasteiger partial charge in [0.05, 0.1) is 0 Å².